The average Bonchev–Trinajstić information content (AvgIpc) is 3.03. The van der Waals surface area contributed by atoms with Gasteiger partial charge in [-0.25, -0.2) is 15.0 Å². The van der Waals surface area contributed by atoms with Crippen LogP contribution in [-0.4, -0.2) is 29.2 Å². The van der Waals surface area contributed by atoms with Crippen molar-refractivity contribution in [3.8, 4) is 22.3 Å². The second-order valence-electron chi connectivity index (χ2n) is 5.59. The summed E-state index contributed by atoms with van der Waals surface area (Å²) in [5.41, 5.74) is 2.73. The van der Waals surface area contributed by atoms with Crippen molar-refractivity contribution < 1.29 is 9.47 Å². The van der Waals surface area contributed by atoms with Gasteiger partial charge in [-0.05, 0) is 12.8 Å². The van der Waals surface area contributed by atoms with Crippen LogP contribution >= 0.6 is 11.3 Å². The highest BCUT2D eigenvalue weighted by molar-refractivity contribution is 7.13. The first kappa shape index (κ1) is 15.7. The van der Waals surface area contributed by atoms with E-state index in [1.54, 1.807) is 25.6 Å². The second-order valence-corrected chi connectivity index (χ2v) is 6.45. The molecule has 3 rings (SSSR count). The van der Waals surface area contributed by atoms with Crippen molar-refractivity contribution in [2.75, 3.05) is 14.2 Å². The predicted molar refractivity (Wildman–Crippen MR) is 92.6 cm³/mol. The molecule has 0 aliphatic heterocycles. The number of rotatable bonds is 4. The minimum atomic E-state index is 0.391. The number of fused-ring (bicyclic) bond motifs is 1. The fourth-order valence-electron chi connectivity index (χ4n) is 2.41. The lowest BCUT2D eigenvalue weighted by Crippen LogP contribution is -1.98. The molecule has 2 aromatic heterocycles. The molecule has 1 aromatic carbocycles. The summed E-state index contributed by atoms with van der Waals surface area (Å²) in [5, 5.41) is 3.80. The summed E-state index contributed by atoms with van der Waals surface area (Å²) < 4.78 is 10.8. The highest BCUT2D eigenvalue weighted by Crippen LogP contribution is 2.34. The fourth-order valence-corrected chi connectivity index (χ4v) is 3.32. The highest BCUT2D eigenvalue weighted by Gasteiger charge is 2.15. The number of methoxy groups -OCH3 is 2. The topological polar surface area (TPSA) is 57.1 Å². The molecule has 0 N–H and O–H groups in total. The zero-order valence-electron chi connectivity index (χ0n) is 13.9. The lowest BCUT2D eigenvalue weighted by Gasteiger charge is -2.10. The molecular formula is C17H19N3O2S. The molecular weight excluding hydrogens is 310 g/mol. The first-order valence-electron chi connectivity index (χ1n) is 7.39. The summed E-state index contributed by atoms with van der Waals surface area (Å²) >= 11 is 1.57. The van der Waals surface area contributed by atoms with Crippen LogP contribution in [0.2, 0.25) is 0 Å². The van der Waals surface area contributed by atoms with Gasteiger partial charge < -0.3 is 9.47 Å². The molecule has 5 nitrogen and oxygen atoms in total. The standard InChI is InChI=1S/C17H19N3O2S/c1-9(2)13-8-23-17(20-13)16-18-10(3)15-12(19-16)6-11(21-4)7-14(15)22-5/h6-9H,1-5H3. The van der Waals surface area contributed by atoms with Crippen molar-refractivity contribution in [3.05, 3.63) is 28.9 Å². The molecule has 0 fully saturated rings. The van der Waals surface area contributed by atoms with E-state index in [0.29, 0.717) is 23.2 Å². The van der Waals surface area contributed by atoms with Crippen molar-refractivity contribution in [1.29, 1.82) is 0 Å². The Morgan fingerprint density at radius 1 is 1.04 bits per heavy atom. The molecule has 0 aliphatic rings. The molecule has 0 saturated carbocycles. The largest absolute Gasteiger partial charge is 0.497 e. The SMILES string of the molecule is COc1cc(OC)c2c(C)nc(-c3nc(C(C)C)cs3)nc2c1. The summed E-state index contributed by atoms with van der Waals surface area (Å²) in [6.45, 7) is 6.21. The van der Waals surface area contributed by atoms with Crippen LogP contribution in [0.3, 0.4) is 0 Å². The lowest BCUT2D eigenvalue weighted by atomic mass is 10.1. The Kier molecular flexibility index (Phi) is 4.17. The number of hydrogen-bond acceptors (Lipinski definition) is 6. The molecule has 0 bridgehead atoms. The van der Waals surface area contributed by atoms with E-state index in [9.17, 15) is 0 Å². The van der Waals surface area contributed by atoms with Gasteiger partial charge in [-0.1, -0.05) is 13.8 Å². The van der Waals surface area contributed by atoms with E-state index >= 15 is 0 Å². The van der Waals surface area contributed by atoms with Gasteiger partial charge in [-0.3, -0.25) is 0 Å². The Bertz CT molecular complexity index is 858. The van der Waals surface area contributed by atoms with Crippen LogP contribution < -0.4 is 9.47 Å². The fraction of sp³-hybridized carbons (Fsp3) is 0.353. The van der Waals surface area contributed by atoms with Crippen LogP contribution in [0.15, 0.2) is 17.5 Å². The Labute approximate surface area is 139 Å². The number of thiazole rings is 1. The first-order valence-corrected chi connectivity index (χ1v) is 8.27. The smallest absolute Gasteiger partial charge is 0.189 e. The number of benzene rings is 1. The maximum absolute atomic E-state index is 5.46. The molecule has 0 radical (unpaired) electrons. The molecule has 3 aromatic rings. The quantitative estimate of drug-likeness (QED) is 0.718. The number of ether oxygens (including phenoxy) is 2. The molecule has 0 unspecified atom stereocenters. The normalized spacial score (nSPS) is 11.2. The van der Waals surface area contributed by atoms with Crippen molar-refractivity contribution in [3.63, 3.8) is 0 Å². The van der Waals surface area contributed by atoms with Gasteiger partial charge in [0.1, 0.15) is 11.5 Å². The van der Waals surface area contributed by atoms with Crippen molar-refractivity contribution in [2.45, 2.75) is 26.7 Å². The number of hydrogen-bond donors (Lipinski definition) is 0. The summed E-state index contributed by atoms with van der Waals surface area (Å²) in [6, 6.07) is 3.74. The van der Waals surface area contributed by atoms with E-state index in [0.717, 1.165) is 27.3 Å². The van der Waals surface area contributed by atoms with Crippen molar-refractivity contribution >= 4 is 22.2 Å². The molecule has 0 atom stereocenters. The molecule has 0 spiro atoms. The van der Waals surface area contributed by atoms with E-state index in [1.165, 1.54) is 0 Å². The summed E-state index contributed by atoms with van der Waals surface area (Å²) in [4.78, 5) is 13.9. The Balaban J connectivity index is 2.19. The van der Waals surface area contributed by atoms with E-state index in [1.807, 2.05) is 19.1 Å². The lowest BCUT2D eigenvalue weighted by molar-refractivity contribution is 0.397. The molecule has 0 saturated heterocycles. The van der Waals surface area contributed by atoms with Gasteiger partial charge in [0, 0.05) is 17.5 Å². The van der Waals surface area contributed by atoms with Crippen LogP contribution in [0.4, 0.5) is 0 Å². The Hall–Kier alpha value is -2.21. The van der Waals surface area contributed by atoms with Crippen LogP contribution in [0.25, 0.3) is 21.7 Å². The number of nitrogens with zero attached hydrogens (tertiary/aromatic N) is 3. The van der Waals surface area contributed by atoms with Gasteiger partial charge >= 0.3 is 0 Å². The van der Waals surface area contributed by atoms with Gasteiger partial charge in [0.15, 0.2) is 10.8 Å². The zero-order chi connectivity index (χ0) is 16.6. The van der Waals surface area contributed by atoms with Crippen LogP contribution in [0.5, 0.6) is 11.5 Å². The van der Waals surface area contributed by atoms with Gasteiger partial charge in [0.05, 0.1) is 36.5 Å². The molecule has 6 heteroatoms. The first-order chi connectivity index (χ1) is 11.0. The zero-order valence-corrected chi connectivity index (χ0v) is 14.7. The Morgan fingerprint density at radius 2 is 1.83 bits per heavy atom. The third kappa shape index (κ3) is 2.86. The third-order valence-corrected chi connectivity index (χ3v) is 4.53. The van der Waals surface area contributed by atoms with Gasteiger partial charge in [0.2, 0.25) is 0 Å². The maximum Gasteiger partial charge on any atom is 0.189 e. The van der Waals surface area contributed by atoms with E-state index in [4.69, 9.17) is 9.47 Å². The van der Waals surface area contributed by atoms with E-state index in [2.05, 4.69) is 34.2 Å². The number of aryl methyl sites for hydroxylation is 1. The molecule has 120 valence electrons. The third-order valence-electron chi connectivity index (χ3n) is 3.68. The van der Waals surface area contributed by atoms with E-state index in [-0.39, 0.29) is 0 Å². The maximum atomic E-state index is 5.46. The van der Waals surface area contributed by atoms with Crippen molar-refractivity contribution in [1.82, 2.24) is 15.0 Å². The van der Waals surface area contributed by atoms with Crippen LogP contribution in [0, 0.1) is 6.92 Å². The Morgan fingerprint density at radius 3 is 2.43 bits per heavy atom. The minimum absolute atomic E-state index is 0.391. The molecule has 0 amide bonds. The molecule has 0 aliphatic carbocycles. The van der Waals surface area contributed by atoms with Gasteiger partial charge in [0.25, 0.3) is 0 Å². The van der Waals surface area contributed by atoms with E-state index < -0.39 is 0 Å². The van der Waals surface area contributed by atoms with Crippen LogP contribution in [-0.2, 0) is 0 Å². The van der Waals surface area contributed by atoms with Crippen LogP contribution in [0.1, 0.15) is 31.2 Å². The van der Waals surface area contributed by atoms with Gasteiger partial charge in [-0.15, -0.1) is 11.3 Å². The minimum Gasteiger partial charge on any atom is -0.497 e. The van der Waals surface area contributed by atoms with Crippen molar-refractivity contribution in [2.24, 2.45) is 0 Å². The molecule has 2 heterocycles. The number of aromatic nitrogens is 3. The summed E-state index contributed by atoms with van der Waals surface area (Å²) in [6.07, 6.45) is 0. The monoisotopic (exact) mass is 329 g/mol. The summed E-state index contributed by atoms with van der Waals surface area (Å²) in [5.74, 6) is 2.45. The summed E-state index contributed by atoms with van der Waals surface area (Å²) in [7, 11) is 3.27. The molecule has 23 heavy (non-hydrogen) atoms. The predicted octanol–water partition coefficient (Wildman–Crippen LogP) is 4.20. The highest BCUT2D eigenvalue weighted by atomic mass is 32.1. The second kappa shape index (κ2) is 6.12. The van der Waals surface area contributed by atoms with Gasteiger partial charge in [-0.2, -0.15) is 0 Å². The average molecular weight is 329 g/mol.